The van der Waals surface area contributed by atoms with Crippen molar-refractivity contribution in [3.8, 4) is 0 Å². The van der Waals surface area contributed by atoms with E-state index in [2.05, 4.69) is 4.90 Å². The van der Waals surface area contributed by atoms with Gasteiger partial charge in [0.15, 0.2) is 11.3 Å². The van der Waals surface area contributed by atoms with Gasteiger partial charge in [-0.25, -0.2) is 9.18 Å². The Morgan fingerprint density at radius 3 is 2.70 bits per heavy atom. The summed E-state index contributed by atoms with van der Waals surface area (Å²) in [6.45, 7) is 3.11. The van der Waals surface area contributed by atoms with Gasteiger partial charge in [0.05, 0.1) is 37.3 Å². The van der Waals surface area contributed by atoms with Crippen LogP contribution in [-0.4, -0.2) is 45.9 Å². The van der Waals surface area contributed by atoms with Gasteiger partial charge in [0.2, 0.25) is 0 Å². The molecule has 172 valence electrons. The topological polar surface area (TPSA) is 72.2 Å². The molecule has 0 spiro atoms. The number of anilines is 2. The molecular weight excluding hydrogens is 427 g/mol. The van der Waals surface area contributed by atoms with Crippen LogP contribution in [0.4, 0.5) is 16.0 Å². The number of methoxy groups -OCH3 is 1. The number of hydrogen-bond donors (Lipinski definition) is 0. The summed E-state index contributed by atoms with van der Waals surface area (Å²) in [6, 6.07) is 11.0. The van der Waals surface area contributed by atoms with E-state index in [1.165, 1.54) is 31.4 Å². The van der Waals surface area contributed by atoms with Crippen LogP contribution in [0.15, 0.2) is 51.7 Å². The Morgan fingerprint density at radius 2 is 1.94 bits per heavy atom. The Balaban J connectivity index is 1.68. The molecule has 3 aromatic rings. The number of nitrogens with zero attached hydrogens (tertiary/aromatic N) is 2. The number of esters is 1. The number of hydrogen-bond acceptors (Lipinski definition) is 7. The molecule has 2 aliphatic rings. The van der Waals surface area contributed by atoms with Crippen LogP contribution in [0, 0.1) is 5.82 Å². The van der Waals surface area contributed by atoms with Gasteiger partial charge in [-0.3, -0.25) is 4.79 Å². The van der Waals surface area contributed by atoms with Crippen LogP contribution < -0.4 is 15.2 Å². The van der Waals surface area contributed by atoms with E-state index in [4.69, 9.17) is 13.9 Å². The zero-order valence-electron chi connectivity index (χ0n) is 18.4. The van der Waals surface area contributed by atoms with Gasteiger partial charge in [-0.2, -0.15) is 0 Å². The molecule has 0 radical (unpaired) electrons. The van der Waals surface area contributed by atoms with Gasteiger partial charge in [-0.15, -0.1) is 0 Å². The molecule has 3 heterocycles. The fraction of sp³-hybridized carbons (Fsp3) is 0.360. The second-order valence-electron chi connectivity index (χ2n) is 8.31. The monoisotopic (exact) mass is 452 g/mol. The molecule has 1 aromatic heterocycles. The summed E-state index contributed by atoms with van der Waals surface area (Å²) in [5.74, 6) is -0.351. The molecule has 7 nitrogen and oxygen atoms in total. The van der Waals surface area contributed by atoms with Gasteiger partial charge in [-0.1, -0.05) is 6.07 Å². The molecule has 2 aromatic carbocycles. The van der Waals surface area contributed by atoms with E-state index in [1.807, 2.05) is 11.0 Å². The van der Waals surface area contributed by atoms with Crippen LogP contribution in [0.2, 0.25) is 0 Å². The van der Waals surface area contributed by atoms with Crippen molar-refractivity contribution in [3.63, 3.8) is 0 Å². The van der Waals surface area contributed by atoms with E-state index >= 15 is 0 Å². The van der Waals surface area contributed by atoms with Crippen molar-refractivity contribution in [2.45, 2.75) is 18.9 Å². The number of rotatable bonds is 4. The number of carbonyl (C=O) groups is 1. The molecule has 2 fully saturated rings. The summed E-state index contributed by atoms with van der Waals surface area (Å²) in [4.78, 5) is 29.6. The Hall–Kier alpha value is -3.39. The van der Waals surface area contributed by atoms with Crippen molar-refractivity contribution >= 4 is 28.5 Å². The van der Waals surface area contributed by atoms with Crippen molar-refractivity contribution in [1.82, 2.24) is 0 Å². The van der Waals surface area contributed by atoms with E-state index in [0.717, 1.165) is 30.6 Å². The smallest absolute Gasteiger partial charge is 0.337 e. The van der Waals surface area contributed by atoms with E-state index < -0.39 is 5.97 Å². The van der Waals surface area contributed by atoms with Gasteiger partial charge in [-0.05, 0) is 43.2 Å². The van der Waals surface area contributed by atoms with E-state index in [9.17, 15) is 14.0 Å². The van der Waals surface area contributed by atoms with E-state index in [0.29, 0.717) is 43.2 Å². The van der Waals surface area contributed by atoms with Crippen LogP contribution in [0.3, 0.4) is 0 Å². The molecule has 0 saturated carbocycles. The van der Waals surface area contributed by atoms with Gasteiger partial charge < -0.3 is 23.7 Å². The molecule has 2 saturated heterocycles. The minimum Gasteiger partial charge on any atom is -0.465 e. The van der Waals surface area contributed by atoms with Crippen LogP contribution in [0.25, 0.3) is 11.0 Å². The second kappa shape index (κ2) is 8.86. The van der Waals surface area contributed by atoms with Crippen LogP contribution in [0.1, 0.15) is 34.8 Å². The normalized spacial score (nSPS) is 18.7. The van der Waals surface area contributed by atoms with Gasteiger partial charge in [0, 0.05) is 37.0 Å². The molecular formula is C25H25FN2O5. The van der Waals surface area contributed by atoms with E-state index in [1.54, 1.807) is 12.1 Å². The highest BCUT2D eigenvalue weighted by molar-refractivity contribution is 5.95. The number of morpholine rings is 1. The zero-order chi connectivity index (χ0) is 22.9. The fourth-order valence-corrected chi connectivity index (χ4v) is 4.75. The highest BCUT2D eigenvalue weighted by atomic mass is 19.1. The largest absolute Gasteiger partial charge is 0.465 e. The molecule has 0 amide bonds. The quantitative estimate of drug-likeness (QED) is 0.556. The van der Waals surface area contributed by atoms with Crippen LogP contribution in [0.5, 0.6) is 0 Å². The third-order valence-electron chi connectivity index (χ3n) is 6.34. The predicted octanol–water partition coefficient (Wildman–Crippen LogP) is 3.90. The lowest BCUT2D eigenvalue weighted by atomic mass is 9.98. The first kappa shape index (κ1) is 21.5. The SMILES string of the molecule is COC(=O)c1cc([C@H]2CCCN2c2cccc(F)c2)c2oc(N3CCOCC3)cc(=O)c2c1. The van der Waals surface area contributed by atoms with Crippen molar-refractivity contribution in [1.29, 1.82) is 0 Å². The molecule has 5 rings (SSSR count). The number of fused-ring (bicyclic) bond motifs is 1. The summed E-state index contributed by atoms with van der Waals surface area (Å²) in [7, 11) is 1.31. The minimum absolute atomic E-state index is 0.179. The molecule has 33 heavy (non-hydrogen) atoms. The maximum atomic E-state index is 14.0. The maximum absolute atomic E-state index is 14.0. The predicted molar refractivity (Wildman–Crippen MR) is 123 cm³/mol. The lowest BCUT2D eigenvalue weighted by Crippen LogP contribution is -2.36. The number of ether oxygens (including phenoxy) is 2. The number of carbonyl (C=O) groups excluding carboxylic acids is 1. The molecule has 0 aliphatic carbocycles. The van der Waals surface area contributed by atoms with Gasteiger partial charge >= 0.3 is 5.97 Å². The average molecular weight is 452 g/mol. The zero-order valence-corrected chi connectivity index (χ0v) is 18.4. The highest BCUT2D eigenvalue weighted by Crippen LogP contribution is 2.40. The lowest BCUT2D eigenvalue weighted by molar-refractivity contribution is 0.0600. The summed E-state index contributed by atoms with van der Waals surface area (Å²) >= 11 is 0. The average Bonchev–Trinajstić information content (AvgIpc) is 3.33. The Bertz CT molecular complexity index is 1250. The second-order valence-corrected chi connectivity index (χ2v) is 8.31. The minimum atomic E-state index is -0.523. The number of halogens is 1. The summed E-state index contributed by atoms with van der Waals surface area (Å²) < 4.78 is 30.6. The summed E-state index contributed by atoms with van der Waals surface area (Å²) in [5.41, 5.74) is 1.99. The van der Waals surface area contributed by atoms with Crippen molar-refractivity contribution < 1.29 is 23.1 Å². The Morgan fingerprint density at radius 1 is 1.12 bits per heavy atom. The standard InChI is InChI=1S/C25H25FN2O5/c1-31-25(30)16-12-19(21-6-3-7-28(21)18-5-2-4-17(26)14-18)24-20(13-16)22(29)15-23(33-24)27-8-10-32-11-9-27/h2,4-5,12-15,21H,3,6-11H2,1H3/t21-/m1/s1. The highest BCUT2D eigenvalue weighted by Gasteiger charge is 2.31. The number of benzene rings is 2. The maximum Gasteiger partial charge on any atom is 0.337 e. The van der Waals surface area contributed by atoms with E-state index in [-0.39, 0.29) is 22.9 Å². The van der Waals surface area contributed by atoms with Crippen molar-refractivity contribution in [3.05, 3.63) is 69.6 Å². The third-order valence-corrected chi connectivity index (χ3v) is 6.34. The van der Waals surface area contributed by atoms with Crippen LogP contribution in [-0.2, 0) is 9.47 Å². The molecule has 1 atom stereocenters. The molecule has 2 aliphatic heterocycles. The van der Waals surface area contributed by atoms with Gasteiger partial charge in [0.1, 0.15) is 11.4 Å². The van der Waals surface area contributed by atoms with Crippen LogP contribution >= 0.6 is 0 Å². The van der Waals surface area contributed by atoms with Crippen molar-refractivity contribution in [2.24, 2.45) is 0 Å². The first-order valence-corrected chi connectivity index (χ1v) is 11.1. The van der Waals surface area contributed by atoms with Crippen molar-refractivity contribution in [2.75, 3.05) is 49.8 Å². The fourth-order valence-electron chi connectivity index (χ4n) is 4.75. The third kappa shape index (κ3) is 4.06. The first-order chi connectivity index (χ1) is 16.0. The molecule has 0 bridgehead atoms. The first-order valence-electron chi connectivity index (χ1n) is 11.1. The Labute approximate surface area is 190 Å². The molecule has 8 heteroatoms. The molecule has 0 unspecified atom stereocenters. The summed E-state index contributed by atoms with van der Waals surface area (Å²) in [6.07, 6.45) is 1.67. The lowest BCUT2D eigenvalue weighted by Gasteiger charge is -2.29. The Kier molecular flexibility index (Phi) is 5.76. The van der Waals surface area contributed by atoms with Gasteiger partial charge in [0.25, 0.3) is 0 Å². The molecule has 0 N–H and O–H groups in total. The summed E-state index contributed by atoms with van der Waals surface area (Å²) in [5, 5.41) is 0.330.